The highest BCUT2D eigenvalue weighted by Crippen LogP contribution is 2.24. The molecular formula is C14H24N2O3. The molecule has 2 amide bonds. The third-order valence-corrected chi connectivity index (χ3v) is 4.47. The summed E-state index contributed by atoms with van der Waals surface area (Å²) in [5.41, 5.74) is 0. The van der Waals surface area contributed by atoms with E-state index in [0.717, 1.165) is 19.3 Å². The van der Waals surface area contributed by atoms with Gasteiger partial charge in [0.2, 0.25) is 0 Å². The second-order valence-corrected chi connectivity index (χ2v) is 5.81. The standard InChI is InChI=1S/C14H24N2O3/c1-15(12-7-3-2-4-8-12)14(19)16-9-5-6-11(10-16)13(17)18/h11-12H,2-10H2,1H3,(H,17,18)/t11-/m0/s1. The molecule has 1 atom stereocenters. The lowest BCUT2D eigenvalue weighted by Gasteiger charge is -2.38. The zero-order chi connectivity index (χ0) is 13.8. The van der Waals surface area contributed by atoms with Crippen molar-refractivity contribution in [3.63, 3.8) is 0 Å². The Hall–Kier alpha value is -1.26. The Morgan fingerprint density at radius 1 is 1.11 bits per heavy atom. The minimum atomic E-state index is -0.780. The second-order valence-electron chi connectivity index (χ2n) is 5.81. The lowest BCUT2D eigenvalue weighted by atomic mass is 9.94. The summed E-state index contributed by atoms with van der Waals surface area (Å²) in [6.07, 6.45) is 7.30. The van der Waals surface area contributed by atoms with Crippen molar-refractivity contribution in [1.82, 2.24) is 9.80 Å². The van der Waals surface area contributed by atoms with Crippen LogP contribution < -0.4 is 0 Å². The number of likely N-dealkylation sites (tertiary alicyclic amines) is 1. The molecule has 1 N–H and O–H groups in total. The van der Waals surface area contributed by atoms with E-state index in [1.54, 1.807) is 4.90 Å². The fourth-order valence-corrected chi connectivity index (χ4v) is 3.20. The van der Waals surface area contributed by atoms with Crippen molar-refractivity contribution >= 4 is 12.0 Å². The predicted molar refractivity (Wildman–Crippen MR) is 72.0 cm³/mol. The van der Waals surface area contributed by atoms with Crippen LogP contribution in [-0.2, 0) is 4.79 Å². The van der Waals surface area contributed by atoms with Gasteiger partial charge in [0.05, 0.1) is 5.92 Å². The topological polar surface area (TPSA) is 60.9 Å². The Kier molecular flexibility index (Phi) is 4.66. The van der Waals surface area contributed by atoms with E-state index >= 15 is 0 Å². The molecular weight excluding hydrogens is 244 g/mol. The number of hydrogen-bond acceptors (Lipinski definition) is 2. The number of carboxylic acids is 1. The van der Waals surface area contributed by atoms with E-state index in [-0.39, 0.29) is 6.03 Å². The molecule has 2 aliphatic rings. The van der Waals surface area contributed by atoms with Gasteiger partial charge in [0, 0.05) is 26.2 Å². The number of hydrogen-bond donors (Lipinski definition) is 1. The molecule has 0 aromatic rings. The minimum absolute atomic E-state index is 0.0119. The van der Waals surface area contributed by atoms with E-state index in [1.807, 2.05) is 11.9 Å². The maximum Gasteiger partial charge on any atom is 0.320 e. The number of carbonyl (C=O) groups is 2. The number of aliphatic carboxylic acids is 1. The third-order valence-electron chi connectivity index (χ3n) is 4.47. The number of piperidine rings is 1. The van der Waals surface area contributed by atoms with Crippen LogP contribution in [0.3, 0.4) is 0 Å². The van der Waals surface area contributed by atoms with E-state index in [0.29, 0.717) is 25.6 Å². The highest BCUT2D eigenvalue weighted by Gasteiger charge is 2.31. The zero-order valence-corrected chi connectivity index (χ0v) is 11.7. The number of nitrogens with zero attached hydrogens (tertiary/aromatic N) is 2. The number of carbonyl (C=O) groups excluding carboxylic acids is 1. The smallest absolute Gasteiger partial charge is 0.320 e. The lowest BCUT2D eigenvalue weighted by Crippen LogP contribution is -2.50. The van der Waals surface area contributed by atoms with E-state index in [9.17, 15) is 9.59 Å². The van der Waals surface area contributed by atoms with Gasteiger partial charge in [0.1, 0.15) is 0 Å². The number of amides is 2. The molecule has 0 unspecified atom stereocenters. The van der Waals surface area contributed by atoms with Crippen LogP contribution in [-0.4, -0.2) is 53.1 Å². The maximum absolute atomic E-state index is 12.4. The van der Waals surface area contributed by atoms with E-state index < -0.39 is 11.9 Å². The molecule has 19 heavy (non-hydrogen) atoms. The van der Waals surface area contributed by atoms with Gasteiger partial charge in [0.25, 0.3) is 0 Å². The SMILES string of the molecule is CN(C(=O)N1CCC[C@H](C(=O)O)C1)C1CCCCC1. The summed E-state index contributed by atoms with van der Waals surface area (Å²) in [4.78, 5) is 27.0. The van der Waals surface area contributed by atoms with Crippen molar-refractivity contribution in [3.05, 3.63) is 0 Å². The van der Waals surface area contributed by atoms with Gasteiger partial charge in [0.15, 0.2) is 0 Å². The normalized spacial score (nSPS) is 25.1. The third kappa shape index (κ3) is 3.39. The Labute approximate surface area is 114 Å². The van der Waals surface area contributed by atoms with Crippen LogP contribution in [0.25, 0.3) is 0 Å². The van der Waals surface area contributed by atoms with Crippen molar-refractivity contribution in [1.29, 1.82) is 0 Å². The highest BCUT2D eigenvalue weighted by molar-refractivity contribution is 5.76. The molecule has 0 aromatic carbocycles. The average molecular weight is 268 g/mol. The molecule has 108 valence electrons. The summed E-state index contributed by atoms with van der Waals surface area (Å²) in [7, 11) is 1.86. The van der Waals surface area contributed by atoms with Crippen LogP contribution in [0.15, 0.2) is 0 Å². The maximum atomic E-state index is 12.4. The first-order valence-electron chi connectivity index (χ1n) is 7.34. The summed E-state index contributed by atoms with van der Waals surface area (Å²) in [5, 5.41) is 9.07. The van der Waals surface area contributed by atoms with Gasteiger partial charge in [-0.3, -0.25) is 4.79 Å². The van der Waals surface area contributed by atoms with E-state index in [1.165, 1.54) is 19.3 Å². The summed E-state index contributed by atoms with van der Waals surface area (Å²) >= 11 is 0. The van der Waals surface area contributed by atoms with Crippen molar-refractivity contribution in [2.75, 3.05) is 20.1 Å². The molecule has 0 radical (unpaired) electrons. The Bertz CT molecular complexity index is 340. The van der Waals surface area contributed by atoms with Crippen LogP contribution in [0.4, 0.5) is 4.79 Å². The van der Waals surface area contributed by atoms with E-state index in [2.05, 4.69) is 0 Å². The van der Waals surface area contributed by atoms with E-state index in [4.69, 9.17) is 5.11 Å². The van der Waals surface area contributed by atoms with Gasteiger partial charge >= 0.3 is 12.0 Å². The molecule has 1 saturated carbocycles. The quantitative estimate of drug-likeness (QED) is 0.835. The highest BCUT2D eigenvalue weighted by atomic mass is 16.4. The summed E-state index contributed by atoms with van der Waals surface area (Å²) in [6.45, 7) is 1.06. The Morgan fingerprint density at radius 2 is 1.79 bits per heavy atom. The van der Waals surface area contributed by atoms with Gasteiger partial charge in [-0.15, -0.1) is 0 Å². The van der Waals surface area contributed by atoms with Gasteiger partial charge in [-0.25, -0.2) is 4.79 Å². The number of rotatable bonds is 2. The van der Waals surface area contributed by atoms with Crippen LogP contribution >= 0.6 is 0 Å². The van der Waals surface area contributed by atoms with Gasteiger partial charge in [-0.1, -0.05) is 19.3 Å². The van der Waals surface area contributed by atoms with Gasteiger partial charge in [-0.05, 0) is 25.7 Å². The first-order chi connectivity index (χ1) is 9.09. The molecule has 5 nitrogen and oxygen atoms in total. The molecule has 1 aliphatic heterocycles. The molecule has 0 bridgehead atoms. The van der Waals surface area contributed by atoms with Crippen molar-refractivity contribution < 1.29 is 14.7 Å². The zero-order valence-electron chi connectivity index (χ0n) is 11.7. The van der Waals surface area contributed by atoms with Crippen molar-refractivity contribution in [2.45, 2.75) is 51.0 Å². The number of carboxylic acid groups (broad SMARTS) is 1. The van der Waals surface area contributed by atoms with Gasteiger partial charge < -0.3 is 14.9 Å². The van der Waals surface area contributed by atoms with Crippen LogP contribution in [0.5, 0.6) is 0 Å². The van der Waals surface area contributed by atoms with Crippen LogP contribution in [0, 0.1) is 5.92 Å². The molecule has 2 rings (SSSR count). The fourth-order valence-electron chi connectivity index (χ4n) is 3.20. The summed E-state index contributed by atoms with van der Waals surface area (Å²) < 4.78 is 0. The lowest BCUT2D eigenvalue weighted by molar-refractivity contribution is -0.143. The molecule has 5 heteroatoms. The summed E-state index contributed by atoms with van der Waals surface area (Å²) in [6, 6.07) is 0.351. The minimum Gasteiger partial charge on any atom is -0.481 e. The molecule has 0 spiro atoms. The molecule has 2 fully saturated rings. The molecule has 1 aliphatic carbocycles. The predicted octanol–water partition coefficient (Wildman–Crippen LogP) is 2.17. The first-order valence-corrected chi connectivity index (χ1v) is 7.34. The van der Waals surface area contributed by atoms with Crippen LogP contribution in [0.1, 0.15) is 44.9 Å². The monoisotopic (exact) mass is 268 g/mol. The Balaban J connectivity index is 1.92. The first kappa shape index (κ1) is 14.2. The summed E-state index contributed by atoms with van der Waals surface area (Å²) in [5.74, 6) is -1.17. The Morgan fingerprint density at radius 3 is 2.42 bits per heavy atom. The average Bonchev–Trinajstić information content (AvgIpc) is 2.46. The second kappa shape index (κ2) is 6.26. The van der Waals surface area contributed by atoms with Crippen LogP contribution in [0.2, 0.25) is 0 Å². The largest absolute Gasteiger partial charge is 0.481 e. The molecule has 1 heterocycles. The van der Waals surface area contributed by atoms with Gasteiger partial charge in [-0.2, -0.15) is 0 Å². The van der Waals surface area contributed by atoms with Crippen molar-refractivity contribution in [3.8, 4) is 0 Å². The fraction of sp³-hybridized carbons (Fsp3) is 0.857. The number of urea groups is 1. The molecule has 1 saturated heterocycles. The van der Waals surface area contributed by atoms with Crippen molar-refractivity contribution in [2.24, 2.45) is 5.92 Å². The molecule has 0 aromatic heterocycles.